The van der Waals surface area contributed by atoms with Gasteiger partial charge in [-0.1, -0.05) is 0 Å². The molecule has 2 aromatic rings. The summed E-state index contributed by atoms with van der Waals surface area (Å²) in [4.78, 5) is 10.8. The third-order valence-corrected chi connectivity index (χ3v) is 3.68. The van der Waals surface area contributed by atoms with Gasteiger partial charge in [0, 0.05) is 45.3 Å². The molecule has 0 fully saturated rings. The Labute approximate surface area is 111 Å². The lowest BCUT2D eigenvalue weighted by atomic mass is 10.4. The standard InChI is InChI=1S/C12H19N5S/c1-9-8-18-11(15-9)7-13-5-10-6-14-12(16(2)3)17(10)4/h6,8,13H,5,7H2,1-4H3. The zero-order chi connectivity index (χ0) is 13.1. The van der Waals surface area contributed by atoms with Crippen LogP contribution >= 0.6 is 11.3 Å². The average Bonchev–Trinajstić information content (AvgIpc) is 2.87. The molecular weight excluding hydrogens is 246 g/mol. The molecule has 0 aliphatic rings. The Morgan fingerprint density at radius 3 is 2.72 bits per heavy atom. The molecule has 0 aliphatic carbocycles. The topological polar surface area (TPSA) is 46.0 Å². The van der Waals surface area contributed by atoms with Crippen LogP contribution in [0.2, 0.25) is 0 Å². The van der Waals surface area contributed by atoms with Crippen molar-refractivity contribution in [1.29, 1.82) is 0 Å². The molecule has 0 spiro atoms. The highest BCUT2D eigenvalue weighted by atomic mass is 32.1. The van der Waals surface area contributed by atoms with E-state index in [4.69, 9.17) is 0 Å². The van der Waals surface area contributed by atoms with E-state index in [2.05, 4.69) is 25.2 Å². The van der Waals surface area contributed by atoms with Crippen LogP contribution in [0.3, 0.4) is 0 Å². The van der Waals surface area contributed by atoms with E-state index in [-0.39, 0.29) is 0 Å². The second kappa shape index (κ2) is 5.49. The summed E-state index contributed by atoms with van der Waals surface area (Å²) in [5.41, 5.74) is 2.26. The predicted octanol–water partition coefficient (Wildman–Crippen LogP) is 1.54. The maximum Gasteiger partial charge on any atom is 0.204 e. The summed E-state index contributed by atoms with van der Waals surface area (Å²) in [6.45, 7) is 3.63. The Hall–Kier alpha value is -1.40. The zero-order valence-electron chi connectivity index (χ0n) is 11.3. The number of hydrogen-bond donors (Lipinski definition) is 1. The second-order valence-electron chi connectivity index (χ2n) is 4.49. The lowest BCUT2D eigenvalue weighted by molar-refractivity contribution is 0.651. The zero-order valence-corrected chi connectivity index (χ0v) is 12.1. The van der Waals surface area contributed by atoms with Gasteiger partial charge in [-0.2, -0.15) is 0 Å². The normalized spacial score (nSPS) is 10.9. The number of imidazole rings is 1. The van der Waals surface area contributed by atoms with Gasteiger partial charge in [-0.15, -0.1) is 11.3 Å². The SMILES string of the molecule is Cc1csc(CNCc2cnc(N(C)C)n2C)n1. The summed E-state index contributed by atoms with van der Waals surface area (Å²) in [6.07, 6.45) is 1.91. The van der Waals surface area contributed by atoms with Crippen molar-refractivity contribution in [3.8, 4) is 0 Å². The van der Waals surface area contributed by atoms with Crippen molar-refractivity contribution < 1.29 is 0 Å². The lowest BCUT2D eigenvalue weighted by Gasteiger charge is -2.12. The van der Waals surface area contributed by atoms with Crippen molar-refractivity contribution >= 4 is 17.3 Å². The van der Waals surface area contributed by atoms with E-state index in [0.29, 0.717) is 0 Å². The van der Waals surface area contributed by atoms with Gasteiger partial charge in [-0.3, -0.25) is 0 Å². The van der Waals surface area contributed by atoms with Gasteiger partial charge in [0.25, 0.3) is 0 Å². The van der Waals surface area contributed by atoms with Crippen LogP contribution in [0.1, 0.15) is 16.4 Å². The predicted molar refractivity (Wildman–Crippen MR) is 74.9 cm³/mol. The molecule has 98 valence electrons. The second-order valence-corrected chi connectivity index (χ2v) is 5.43. The first-order chi connectivity index (χ1) is 8.58. The fraction of sp³-hybridized carbons (Fsp3) is 0.500. The van der Waals surface area contributed by atoms with Gasteiger partial charge >= 0.3 is 0 Å². The first-order valence-corrected chi connectivity index (χ1v) is 6.75. The van der Waals surface area contributed by atoms with Crippen LogP contribution in [0.4, 0.5) is 5.95 Å². The Kier molecular flexibility index (Phi) is 3.98. The van der Waals surface area contributed by atoms with E-state index in [0.717, 1.165) is 29.7 Å². The Morgan fingerprint density at radius 1 is 1.39 bits per heavy atom. The third-order valence-electron chi connectivity index (χ3n) is 2.71. The van der Waals surface area contributed by atoms with Gasteiger partial charge in [-0.05, 0) is 6.92 Å². The minimum absolute atomic E-state index is 0.802. The maximum absolute atomic E-state index is 4.42. The molecule has 0 amide bonds. The van der Waals surface area contributed by atoms with Crippen LogP contribution in [-0.2, 0) is 20.1 Å². The van der Waals surface area contributed by atoms with Crippen molar-refractivity contribution in [1.82, 2.24) is 19.9 Å². The van der Waals surface area contributed by atoms with Gasteiger partial charge in [0.1, 0.15) is 5.01 Å². The molecule has 2 rings (SSSR count). The summed E-state index contributed by atoms with van der Waals surface area (Å²) in [5.74, 6) is 0.969. The molecule has 0 saturated carbocycles. The van der Waals surface area contributed by atoms with Crippen LogP contribution in [0.15, 0.2) is 11.6 Å². The molecule has 6 heteroatoms. The van der Waals surface area contributed by atoms with Crippen molar-refractivity contribution in [3.63, 3.8) is 0 Å². The molecule has 18 heavy (non-hydrogen) atoms. The molecule has 0 aromatic carbocycles. The van der Waals surface area contributed by atoms with Crippen LogP contribution in [0, 0.1) is 6.92 Å². The fourth-order valence-corrected chi connectivity index (χ4v) is 2.54. The summed E-state index contributed by atoms with van der Waals surface area (Å²) >= 11 is 1.69. The Morgan fingerprint density at radius 2 is 2.17 bits per heavy atom. The van der Waals surface area contributed by atoms with Crippen LogP contribution in [-0.4, -0.2) is 28.6 Å². The molecular formula is C12H19N5S. The molecule has 0 saturated heterocycles. The summed E-state index contributed by atoms with van der Waals surface area (Å²) in [7, 11) is 6.03. The van der Waals surface area contributed by atoms with E-state index in [9.17, 15) is 0 Å². The number of rotatable bonds is 5. The van der Waals surface area contributed by atoms with Crippen molar-refractivity contribution in [2.24, 2.45) is 7.05 Å². The molecule has 5 nitrogen and oxygen atoms in total. The number of hydrogen-bond acceptors (Lipinski definition) is 5. The molecule has 0 aliphatic heterocycles. The minimum Gasteiger partial charge on any atom is -0.348 e. The van der Waals surface area contributed by atoms with Crippen LogP contribution < -0.4 is 10.2 Å². The summed E-state index contributed by atoms with van der Waals surface area (Å²) < 4.78 is 2.10. The molecule has 1 N–H and O–H groups in total. The number of nitrogens with one attached hydrogen (secondary N) is 1. The van der Waals surface area contributed by atoms with Crippen LogP contribution in [0.25, 0.3) is 0 Å². The van der Waals surface area contributed by atoms with Crippen molar-refractivity contribution in [2.45, 2.75) is 20.0 Å². The summed E-state index contributed by atoms with van der Waals surface area (Å²) in [6, 6.07) is 0. The van der Waals surface area contributed by atoms with E-state index >= 15 is 0 Å². The van der Waals surface area contributed by atoms with Gasteiger partial charge in [0.05, 0.1) is 11.9 Å². The van der Waals surface area contributed by atoms with Gasteiger partial charge in [0.15, 0.2) is 0 Å². The molecule has 0 radical (unpaired) electrons. The van der Waals surface area contributed by atoms with Gasteiger partial charge in [0.2, 0.25) is 5.95 Å². The number of anilines is 1. The number of aromatic nitrogens is 3. The number of aryl methyl sites for hydroxylation is 1. The first kappa shape index (κ1) is 13.0. The lowest BCUT2D eigenvalue weighted by Crippen LogP contribution is -2.18. The Bertz CT molecular complexity index is 514. The third kappa shape index (κ3) is 2.88. The highest BCUT2D eigenvalue weighted by molar-refractivity contribution is 7.09. The van der Waals surface area contributed by atoms with E-state index < -0.39 is 0 Å². The quantitative estimate of drug-likeness (QED) is 0.891. The molecule has 0 bridgehead atoms. The smallest absolute Gasteiger partial charge is 0.204 e. The van der Waals surface area contributed by atoms with Gasteiger partial charge < -0.3 is 14.8 Å². The average molecular weight is 265 g/mol. The highest BCUT2D eigenvalue weighted by Gasteiger charge is 2.07. The van der Waals surface area contributed by atoms with E-state index in [1.807, 2.05) is 39.2 Å². The van der Waals surface area contributed by atoms with Crippen molar-refractivity contribution in [3.05, 3.63) is 28.0 Å². The maximum atomic E-state index is 4.42. The molecule has 0 atom stereocenters. The minimum atomic E-state index is 0.802. The highest BCUT2D eigenvalue weighted by Crippen LogP contribution is 2.11. The fourth-order valence-electron chi connectivity index (χ4n) is 1.79. The van der Waals surface area contributed by atoms with Crippen molar-refractivity contribution in [2.75, 3.05) is 19.0 Å². The van der Waals surface area contributed by atoms with E-state index in [1.54, 1.807) is 11.3 Å². The number of nitrogens with zero attached hydrogens (tertiary/aromatic N) is 4. The largest absolute Gasteiger partial charge is 0.348 e. The molecule has 0 unspecified atom stereocenters. The summed E-state index contributed by atoms with van der Waals surface area (Å²) in [5, 5.41) is 6.59. The van der Waals surface area contributed by atoms with Gasteiger partial charge in [-0.25, -0.2) is 9.97 Å². The van der Waals surface area contributed by atoms with Crippen LogP contribution in [0.5, 0.6) is 0 Å². The molecule has 2 aromatic heterocycles. The number of thiazole rings is 1. The molecule has 2 heterocycles. The van der Waals surface area contributed by atoms with E-state index in [1.165, 1.54) is 5.69 Å². The first-order valence-electron chi connectivity index (χ1n) is 5.87. The Balaban J connectivity index is 1.90. The monoisotopic (exact) mass is 265 g/mol.